The maximum atomic E-state index is 5.79. The molecule has 0 spiro atoms. The van der Waals surface area contributed by atoms with Gasteiger partial charge in [-0.1, -0.05) is 6.92 Å². The van der Waals surface area contributed by atoms with Gasteiger partial charge in [-0.3, -0.25) is 0 Å². The zero-order chi connectivity index (χ0) is 8.85. The minimum Gasteiger partial charge on any atom is -0.328 e. The van der Waals surface area contributed by atoms with Gasteiger partial charge in [-0.15, -0.1) is 0 Å². The molecule has 68 valence electrons. The molecule has 0 bridgehead atoms. The summed E-state index contributed by atoms with van der Waals surface area (Å²) in [4.78, 5) is 2.33. The van der Waals surface area contributed by atoms with E-state index in [1.165, 1.54) is 0 Å². The van der Waals surface area contributed by atoms with Gasteiger partial charge in [0, 0.05) is 12.1 Å². The minimum atomic E-state index is 0.385. The van der Waals surface area contributed by atoms with Crippen molar-refractivity contribution in [2.24, 2.45) is 5.73 Å². The van der Waals surface area contributed by atoms with E-state index >= 15 is 0 Å². The summed E-state index contributed by atoms with van der Waals surface area (Å²) in [6.45, 7) is 7.67. The molecule has 0 aliphatic rings. The highest BCUT2D eigenvalue weighted by Gasteiger charge is 2.04. The second kappa shape index (κ2) is 5.56. The van der Waals surface area contributed by atoms with Crippen molar-refractivity contribution < 1.29 is 0 Å². The molecule has 0 saturated carbocycles. The van der Waals surface area contributed by atoms with Gasteiger partial charge in [0.1, 0.15) is 0 Å². The summed E-state index contributed by atoms with van der Waals surface area (Å²) in [5.41, 5.74) is 5.79. The van der Waals surface area contributed by atoms with E-state index in [1.54, 1.807) is 0 Å². The molecule has 0 aromatic carbocycles. The lowest BCUT2D eigenvalue weighted by molar-refractivity contribution is 0.262. The average molecular weight is 158 g/mol. The SMILES string of the molecule is CCC(N)CCN(C)C(C)C. The smallest absolute Gasteiger partial charge is 0.00483 e. The Hall–Kier alpha value is -0.0800. The first-order valence-electron chi connectivity index (χ1n) is 4.53. The van der Waals surface area contributed by atoms with Gasteiger partial charge in [0.25, 0.3) is 0 Å². The van der Waals surface area contributed by atoms with Crippen LogP contribution in [0.2, 0.25) is 0 Å². The van der Waals surface area contributed by atoms with Gasteiger partial charge in [0.15, 0.2) is 0 Å². The molecule has 1 atom stereocenters. The topological polar surface area (TPSA) is 29.3 Å². The number of rotatable bonds is 5. The van der Waals surface area contributed by atoms with Crippen LogP contribution in [-0.2, 0) is 0 Å². The molecule has 0 fully saturated rings. The zero-order valence-corrected chi connectivity index (χ0v) is 8.30. The van der Waals surface area contributed by atoms with E-state index in [4.69, 9.17) is 5.73 Å². The molecular weight excluding hydrogens is 136 g/mol. The molecule has 0 aliphatic heterocycles. The Morgan fingerprint density at radius 2 is 1.91 bits per heavy atom. The van der Waals surface area contributed by atoms with E-state index < -0.39 is 0 Å². The Morgan fingerprint density at radius 1 is 1.36 bits per heavy atom. The molecular formula is C9H22N2. The first kappa shape index (κ1) is 10.9. The summed E-state index contributed by atoms with van der Waals surface area (Å²) in [7, 11) is 2.15. The molecule has 0 aromatic heterocycles. The zero-order valence-electron chi connectivity index (χ0n) is 8.30. The quantitative estimate of drug-likeness (QED) is 0.656. The fourth-order valence-corrected chi connectivity index (χ4v) is 0.832. The van der Waals surface area contributed by atoms with Crippen LogP contribution in [0.4, 0.5) is 0 Å². The first-order chi connectivity index (χ1) is 5.07. The van der Waals surface area contributed by atoms with Gasteiger partial charge in [-0.2, -0.15) is 0 Å². The predicted molar refractivity (Wildman–Crippen MR) is 50.6 cm³/mol. The Bertz CT molecular complexity index is 91.6. The molecule has 11 heavy (non-hydrogen) atoms. The molecule has 0 heterocycles. The van der Waals surface area contributed by atoms with Crippen LogP contribution >= 0.6 is 0 Å². The average Bonchev–Trinajstić information content (AvgIpc) is 1.99. The van der Waals surface area contributed by atoms with Crippen LogP contribution in [0, 0.1) is 0 Å². The molecule has 0 saturated heterocycles. The highest BCUT2D eigenvalue weighted by atomic mass is 15.1. The third-order valence-corrected chi connectivity index (χ3v) is 2.26. The fraction of sp³-hybridized carbons (Fsp3) is 1.00. The van der Waals surface area contributed by atoms with Crippen LogP contribution in [0.3, 0.4) is 0 Å². The number of hydrogen-bond acceptors (Lipinski definition) is 2. The maximum absolute atomic E-state index is 5.79. The molecule has 2 N–H and O–H groups in total. The Labute approximate surface area is 70.8 Å². The third kappa shape index (κ3) is 5.22. The first-order valence-corrected chi connectivity index (χ1v) is 4.53. The molecule has 0 aliphatic carbocycles. The molecule has 1 unspecified atom stereocenters. The lowest BCUT2D eigenvalue weighted by atomic mass is 10.1. The van der Waals surface area contributed by atoms with E-state index in [0.717, 1.165) is 19.4 Å². The van der Waals surface area contributed by atoms with E-state index in [0.29, 0.717) is 12.1 Å². The van der Waals surface area contributed by atoms with E-state index in [9.17, 15) is 0 Å². The molecule has 2 nitrogen and oxygen atoms in total. The summed E-state index contributed by atoms with van der Waals surface area (Å²) >= 11 is 0. The second-order valence-electron chi connectivity index (χ2n) is 3.53. The number of hydrogen-bond donors (Lipinski definition) is 1. The van der Waals surface area contributed by atoms with Crippen molar-refractivity contribution in [3.8, 4) is 0 Å². The minimum absolute atomic E-state index is 0.385. The van der Waals surface area contributed by atoms with Crippen LogP contribution in [0.15, 0.2) is 0 Å². The van der Waals surface area contributed by atoms with Gasteiger partial charge in [-0.25, -0.2) is 0 Å². The Morgan fingerprint density at radius 3 is 2.27 bits per heavy atom. The summed E-state index contributed by atoms with van der Waals surface area (Å²) in [5, 5.41) is 0. The highest BCUT2D eigenvalue weighted by Crippen LogP contribution is 1.99. The van der Waals surface area contributed by atoms with Crippen LogP contribution in [0.1, 0.15) is 33.6 Å². The third-order valence-electron chi connectivity index (χ3n) is 2.26. The monoisotopic (exact) mass is 158 g/mol. The molecule has 2 heteroatoms. The van der Waals surface area contributed by atoms with Crippen molar-refractivity contribution in [1.82, 2.24) is 4.90 Å². The van der Waals surface area contributed by atoms with Crippen molar-refractivity contribution in [1.29, 1.82) is 0 Å². The van der Waals surface area contributed by atoms with E-state index in [-0.39, 0.29) is 0 Å². The van der Waals surface area contributed by atoms with Crippen molar-refractivity contribution in [3.63, 3.8) is 0 Å². The summed E-state index contributed by atoms with van der Waals surface area (Å²) in [6.07, 6.45) is 2.21. The number of nitrogens with zero attached hydrogens (tertiary/aromatic N) is 1. The molecule has 0 aromatic rings. The van der Waals surface area contributed by atoms with Crippen molar-refractivity contribution in [2.75, 3.05) is 13.6 Å². The second-order valence-corrected chi connectivity index (χ2v) is 3.53. The molecule has 0 amide bonds. The van der Waals surface area contributed by atoms with Crippen molar-refractivity contribution in [2.45, 2.75) is 45.7 Å². The summed E-state index contributed by atoms with van der Waals surface area (Å²) in [5.74, 6) is 0. The number of nitrogens with two attached hydrogens (primary N) is 1. The van der Waals surface area contributed by atoms with Crippen LogP contribution in [0.25, 0.3) is 0 Å². The van der Waals surface area contributed by atoms with Gasteiger partial charge in [0.2, 0.25) is 0 Å². The molecule has 0 radical (unpaired) electrons. The van der Waals surface area contributed by atoms with Gasteiger partial charge in [-0.05, 0) is 40.3 Å². The molecule has 0 rings (SSSR count). The van der Waals surface area contributed by atoms with Crippen molar-refractivity contribution in [3.05, 3.63) is 0 Å². The Balaban J connectivity index is 3.37. The Kier molecular flexibility index (Phi) is 5.51. The highest BCUT2D eigenvalue weighted by molar-refractivity contribution is 4.63. The van der Waals surface area contributed by atoms with E-state index in [2.05, 4.69) is 32.7 Å². The van der Waals surface area contributed by atoms with Gasteiger partial charge in [0.05, 0.1) is 0 Å². The van der Waals surface area contributed by atoms with Crippen LogP contribution in [0.5, 0.6) is 0 Å². The van der Waals surface area contributed by atoms with Crippen LogP contribution in [-0.4, -0.2) is 30.6 Å². The van der Waals surface area contributed by atoms with Gasteiger partial charge < -0.3 is 10.6 Å². The fourth-order valence-electron chi connectivity index (χ4n) is 0.832. The predicted octanol–water partition coefficient (Wildman–Crippen LogP) is 1.45. The largest absolute Gasteiger partial charge is 0.328 e. The normalized spacial score (nSPS) is 14.5. The summed E-state index contributed by atoms with van der Waals surface area (Å²) < 4.78 is 0. The lowest BCUT2D eigenvalue weighted by Crippen LogP contribution is -2.31. The lowest BCUT2D eigenvalue weighted by Gasteiger charge is -2.22. The van der Waals surface area contributed by atoms with Crippen molar-refractivity contribution >= 4 is 0 Å². The van der Waals surface area contributed by atoms with Gasteiger partial charge >= 0.3 is 0 Å². The standard InChI is InChI=1S/C9H22N2/c1-5-9(10)6-7-11(4)8(2)3/h8-9H,5-7,10H2,1-4H3. The maximum Gasteiger partial charge on any atom is 0.00483 e. The van der Waals surface area contributed by atoms with Crippen LogP contribution < -0.4 is 5.73 Å². The van der Waals surface area contributed by atoms with E-state index in [1.807, 2.05) is 0 Å². The summed E-state index contributed by atoms with van der Waals surface area (Å²) in [6, 6.07) is 1.02.